The molecule has 0 aliphatic carbocycles. The van der Waals surface area contributed by atoms with E-state index in [9.17, 15) is 10.1 Å². The number of hydrogen-bond donors (Lipinski definition) is 1. The summed E-state index contributed by atoms with van der Waals surface area (Å²) >= 11 is 5.51. The van der Waals surface area contributed by atoms with E-state index in [1.165, 1.54) is 12.3 Å². The van der Waals surface area contributed by atoms with Crippen LogP contribution in [0.15, 0.2) is 24.4 Å². The first kappa shape index (κ1) is 10.6. The van der Waals surface area contributed by atoms with Gasteiger partial charge in [-0.3, -0.25) is 15.2 Å². The van der Waals surface area contributed by atoms with Crippen molar-refractivity contribution in [1.82, 2.24) is 10.2 Å². The van der Waals surface area contributed by atoms with Crippen molar-refractivity contribution < 1.29 is 4.92 Å². The summed E-state index contributed by atoms with van der Waals surface area (Å²) in [4.78, 5) is 10.4. The summed E-state index contributed by atoms with van der Waals surface area (Å²) in [6.07, 6.45) is 4.91. The van der Waals surface area contributed by atoms with Crippen LogP contribution in [0.25, 0.3) is 17.0 Å². The SMILES string of the molecule is O=[N+]([O-])c1cc(C=CCCl)cc2[nH]ncc12. The van der Waals surface area contributed by atoms with Gasteiger partial charge in [0, 0.05) is 11.9 Å². The largest absolute Gasteiger partial charge is 0.280 e. The summed E-state index contributed by atoms with van der Waals surface area (Å²) in [5.74, 6) is 0.370. The van der Waals surface area contributed by atoms with Crippen LogP contribution in [0.2, 0.25) is 0 Å². The number of H-pyrrole nitrogens is 1. The van der Waals surface area contributed by atoms with Gasteiger partial charge in [0.05, 0.1) is 22.0 Å². The van der Waals surface area contributed by atoms with Crippen molar-refractivity contribution in [2.24, 2.45) is 0 Å². The molecule has 0 radical (unpaired) electrons. The maximum absolute atomic E-state index is 10.9. The molecular weight excluding hydrogens is 230 g/mol. The van der Waals surface area contributed by atoms with Gasteiger partial charge in [0.25, 0.3) is 5.69 Å². The molecule has 0 bridgehead atoms. The van der Waals surface area contributed by atoms with Crippen LogP contribution in [0.3, 0.4) is 0 Å². The quantitative estimate of drug-likeness (QED) is 0.507. The number of aromatic amines is 1. The van der Waals surface area contributed by atoms with Crippen LogP contribution in [0.4, 0.5) is 5.69 Å². The molecule has 0 aliphatic rings. The molecule has 0 atom stereocenters. The molecule has 1 aromatic heterocycles. The molecule has 2 rings (SSSR count). The van der Waals surface area contributed by atoms with E-state index in [2.05, 4.69) is 10.2 Å². The molecule has 0 saturated heterocycles. The third kappa shape index (κ3) is 1.90. The number of benzene rings is 1. The Morgan fingerprint density at radius 2 is 2.38 bits per heavy atom. The van der Waals surface area contributed by atoms with Crippen molar-refractivity contribution in [2.45, 2.75) is 0 Å². The van der Waals surface area contributed by atoms with Crippen LogP contribution < -0.4 is 0 Å². The highest BCUT2D eigenvalue weighted by molar-refractivity contribution is 6.19. The van der Waals surface area contributed by atoms with Gasteiger partial charge in [-0.25, -0.2) is 0 Å². The lowest BCUT2D eigenvalue weighted by molar-refractivity contribution is -0.383. The molecular formula is C10H8ClN3O2. The van der Waals surface area contributed by atoms with Gasteiger partial charge in [-0.15, -0.1) is 11.6 Å². The number of rotatable bonds is 3. The summed E-state index contributed by atoms with van der Waals surface area (Å²) in [6, 6.07) is 3.29. The minimum absolute atomic E-state index is 0.0421. The van der Waals surface area contributed by atoms with Gasteiger partial charge in [-0.05, 0) is 11.6 Å². The maximum Gasteiger partial charge on any atom is 0.280 e. The van der Waals surface area contributed by atoms with Gasteiger partial charge in [-0.2, -0.15) is 5.10 Å². The molecule has 5 nitrogen and oxygen atoms in total. The highest BCUT2D eigenvalue weighted by Crippen LogP contribution is 2.26. The number of allylic oxidation sites excluding steroid dienone is 1. The summed E-state index contributed by atoms with van der Waals surface area (Å²) in [5.41, 5.74) is 1.41. The first-order chi connectivity index (χ1) is 7.72. The van der Waals surface area contributed by atoms with E-state index in [0.29, 0.717) is 16.8 Å². The zero-order valence-corrected chi connectivity index (χ0v) is 8.94. The van der Waals surface area contributed by atoms with E-state index in [1.807, 2.05) is 0 Å². The molecule has 16 heavy (non-hydrogen) atoms. The number of non-ortho nitro benzene ring substituents is 1. The molecule has 0 amide bonds. The number of halogens is 1. The zero-order chi connectivity index (χ0) is 11.5. The van der Waals surface area contributed by atoms with E-state index in [0.717, 1.165) is 5.56 Å². The lowest BCUT2D eigenvalue weighted by atomic mass is 10.1. The number of nitrogens with zero attached hydrogens (tertiary/aromatic N) is 2. The summed E-state index contributed by atoms with van der Waals surface area (Å²) in [5, 5.41) is 17.9. The molecule has 1 aromatic carbocycles. The molecule has 2 aromatic rings. The number of alkyl halides is 1. The average Bonchev–Trinajstić information content (AvgIpc) is 2.72. The van der Waals surface area contributed by atoms with Crippen molar-refractivity contribution in [3.8, 4) is 0 Å². The Labute approximate surface area is 95.9 Å². The monoisotopic (exact) mass is 237 g/mol. The Morgan fingerprint density at radius 1 is 1.56 bits per heavy atom. The van der Waals surface area contributed by atoms with E-state index >= 15 is 0 Å². The molecule has 0 saturated carbocycles. The fourth-order valence-corrected chi connectivity index (χ4v) is 1.57. The lowest BCUT2D eigenvalue weighted by Crippen LogP contribution is -1.89. The molecule has 82 valence electrons. The Balaban J connectivity index is 2.61. The van der Waals surface area contributed by atoms with Gasteiger partial charge in [-0.1, -0.05) is 12.2 Å². The molecule has 0 fully saturated rings. The van der Waals surface area contributed by atoms with Gasteiger partial charge >= 0.3 is 0 Å². The third-order valence-electron chi connectivity index (χ3n) is 2.16. The first-order valence-electron chi connectivity index (χ1n) is 4.56. The van der Waals surface area contributed by atoms with Crippen molar-refractivity contribution in [1.29, 1.82) is 0 Å². The van der Waals surface area contributed by atoms with Crippen LogP contribution in [0.5, 0.6) is 0 Å². The van der Waals surface area contributed by atoms with E-state index in [-0.39, 0.29) is 5.69 Å². The Bertz CT molecular complexity index is 562. The Kier molecular flexibility index (Phi) is 2.87. The second-order valence-corrected chi connectivity index (χ2v) is 3.49. The van der Waals surface area contributed by atoms with Crippen molar-refractivity contribution in [3.05, 3.63) is 40.1 Å². The zero-order valence-electron chi connectivity index (χ0n) is 8.18. The second kappa shape index (κ2) is 4.32. The van der Waals surface area contributed by atoms with Gasteiger partial charge in [0.1, 0.15) is 0 Å². The van der Waals surface area contributed by atoms with Gasteiger partial charge < -0.3 is 0 Å². The highest BCUT2D eigenvalue weighted by atomic mass is 35.5. The van der Waals surface area contributed by atoms with Crippen LogP contribution in [-0.4, -0.2) is 21.0 Å². The van der Waals surface area contributed by atoms with Crippen LogP contribution >= 0.6 is 11.6 Å². The first-order valence-corrected chi connectivity index (χ1v) is 5.10. The van der Waals surface area contributed by atoms with Crippen LogP contribution in [-0.2, 0) is 0 Å². The second-order valence-electron chi connectivity index (χ2n) is 3.19. The number of fused-ring (bicyclic) bond motifs is 1. The maximum atomic E-state index is 10.9. The van der Waals surface area contributed by atoms with Gasteiger partial charge in [0.2, 0.25) is 0 Å². The smallest absolute Gasteiger partial charge is 0.278 e. The van der Waals surface area contributed by atoms with Crippen LogP contribution in [0, 0.1) is 10.1 Å². The predicted molar refractivity (Wildman–Crippen MR) is 62.5 cm³/mol. The number of nitro groups is 1. The Morgan fingerprint density at radius 3 is 3.06 bits per heavy atom. The molecule has 1 N–H and O–H groups in total. The third-order valence-corrected chi connectivity index (χ3v) is 2.33. The number of nitrogens with one attached hydrogen (secondary N) is 1. The number of nitro benzene ring substituents is 1. The molecule has 0 unspecified atom stereocenters. The fraction of sp³-hybridized carbons (Fsp3) is 0.100. The average molecular weight is 238 g/mol. The minimum atomic E-state index is -0.421. The Hall–Kier alpha value is -1.88. The highest BCUT2D eigenvalue weighted by Gasteiger charge is 2.13. The van der Waals surface area contributed by atoms with Crippen LogP contribution in [0.1, 0.15) is 5.56 Å². The van der Waals surface area contributed by atoms with Crippen molar-refractivity contribution in [2.75, 3.05) is 5.88 Å². The van der Waals surface area contributed by atoms with Gasteiger partial charge in [0.15, 0.2) is 0 Å². The topological polar surface area (TPSA) is 71.8 Å². The minimum Gasteiger partial charge on any atom is -0.278 e. The number of hydrogen-bond acceptors (Lipinski definition) is 3. The van der Waals surface area contributed by atoms with E-state index in [1.54, 1.807) is 18.2 Å². The summed E-state index contributed by atoms with van der Waals surface area (Å²) < 4.78 is 0. The normalized spacial score (nSPS) is 11.3. The predicted octanol–water partition coefficient (Wildman–Crippen LogP) is 2.72. The summed E-state index contributed by atoms with van der Waals surface area (Å²) in [7, 11) is 0. The fourth-order valence-electron chi connectivity index (χ4n) is 1.48. The molecule has 6 heteroatoms. The van der Waals surface area contributed by atoms with Crippen molar-refractivity contribution >= 4 is 34.3 Å². The molecule has 0 aliphatic heterocycles. The van der Waals surface area contributed by atoms with Crippen molar-refractivity contribution in [3.63, 3.8) is 0 Å². The summed E-state index contributed by atoms with van der Waals surface area (Å²) in [6.45, 7) is 0. The molecule has 1 heterocycles. The van der Waals surface area contributed by atoms with E-state index in [4.69, 9.17) is 11.6 Å². The molecule has 0 spiro atoms. The van der Waals surface area contributed by atoms with E-state index < -0.39 is 4.92 Å². The standard InChI is InChI=1S/C10H8ClN3O2/c11-3-1-2-7-4-9-8(6-12-13-9)10(5-7)14(15)16/h1-2,4-6H,3H2,(H,12,13). The number of aromatic nitrogens is 2. The lowest BCUT2D eigenvalue weighted by Gasteiger charge is -1.96.